The van der Waals surface area contributed by atoms with E-state index in [1.165, 1.54) is 25.7 Å². The first-order valence-electron chi connectivity index (χ1n) is 6.07. The summed E-state index contributed by atoms with van der Waals surface area (Å²) in [5.74, 6) is 2.77. The van der Waals surface area contributed by atoms with Crippen LogP contribution in [0.3, 0.4) is 0 Å². The largest absolute Gasteiger partial charge is 0.0651 e. The zero-order valence-electron chi connectivity index (χ0n) is 10.1. The van der Waals surface area contributed by atoms with Gasteiger partial charge < -0.3 is 0 Å². The quantitative estimate of drug-likeness (QED) is 0.587. The molecule has 1 aliphatic rings. The van der Waals surface area contributed by atoms with Gasteiger partial charge in [-0.2, -0.15) is 0 Å². The number of rotatable bonds is 5. The molecule has 1 fully saturated rings. The average molecular weight is 182 g/mol. The van der Waals surface area contributed by atoms with E-state index in [2.05, 4.69) is 34.6 Å². The number of hydrogen-bond donors (Lipinski definition) is 0. The fraction of sp³-hybridized carbons (Fsp3) is 1.00. The summed E-state index contributed by atoms with van der Waals surface area (Å²) in [5, 5.41) is 0. The smallest absolute Gasteiger partial charge is 0.0266 e. The molecule has 0 radical (unpaired) electrons. The summed E-state index contributed by atoms with van der Waals surface area (Å²) >= 11 is 0. The molecule has 0 N–H and O–H groups in total. The maximum atomic E-state index is 2.44. The van der Waals surface area contributed by atoms with Crippen LogP contribution in [-0.2, 0) is 0 Å². The Kier molecular flexibility index (Phi) is 3.43. The van der Waals surface area contributed by atoms with Gasteiger partial charge in [0.15, 0.2) is 0 Å². The lowest BCUT2D eigenvalue weighted by atomic mass is 9.71. The molecular formula is C13H26. The Bertz CT molecular complexity index is 153. The lowest BCUT2D eigenvalue weighted by Crippen LogP contribution is -2.27. The van der Waals surface area contributed by atoms with Crippen molar-refractivity contribution in [2.45, 2.75) is 60.3 Å². The summed E-state index contributed by atoms with van der Waals surface area (Å²) in [7, 11) is 0. The first kappa shape index (κ1) is 11.1. The molecular weight excluding hydrogens is 156 g/mol. The van der Waals surface area contributed by atoms with Gasteiger partial charge in [-0.1, -0.05) is 47.5 Å². The van der Waals surface area contributed by atoms with Crippen molar-refractivity contribution in [1.82, 2.24) is 0 Å². The van der Waals surface area contributed by atoms with Crippen molar-refractivity contribution in [3.05, 3.63) is 0 Å². The van der Waals surface area contributed by atoms with Gasteiger partial charge in [-0.15, -0.1) is 0 Å². The fourth-order valence-corrected chi connectivity index (χ4v) is 3.30. The minimum absolute atomic E-state index is 0.754. The van der Waals surface area contributed by atoms with Gasteiger partial charge in [0, 0.05) is 0 Å². The van der Waals surface area contributed by atoms with Gasteiger partial charge in [0.05, 0.1) is 0 Å². The van der Waals surface area contributed by atoms with Crippen LogP contribution in [0.15, 0.2) is 0 Å². The van der Waals surface area contributed by atoms with E-state index in [0.29, 0.717) is 0 Å². The third kappa shape index (κ3) is 2.08. The molecule has 1 aliphatic carbocycles. The van der Waals surface area contributed by atoms with Crippen LogP contribution in [0.2, 0.25) is 0 Å². The van der Waals surface area contributed by atoms with Crippen LogP contribution in [0.1, 0.15) is 60.3 Å². The first-order valence-corrected chi connectivity index (χ1v) is 6.07. The molecule has 1 rings (SSSR count). The van der Waals surface area contributed by atoms with Gasteiger partial charge in [0.2, 0.25) is 0 Å². The molecule has 0 heteroatoms. The summed E-state index contributed by atoms with van der Waals surface area (Å²) in [6.45, 7) is 12.0. The van der Waals surface area contributed by atoms with Crippen LogP contribution in [0, 0.1) is 23.2 Å². The van der Waals surface area contributed by atoms with Crippen molar-refractivity contribution in [3.63, 3.8) is 0 Å². The molecule has 13 heavy (non-hydrogen) atoms. The molecule has 0 heterocycles. The highest BCUT2D eigenvalue weighted by Gasteiger charge is 2.49. The molecule has 0 aromatic heterocycles. The molecule has 0 aliphatic heterocycles. The van der Waals surface area contributed by atoms with E-state index in [1.54, 1.807) is 0 Å². The highest BCUT2D eigenvalue weighted by Crippen LogP contribution is 2.59. The maximum absolute atomic E-state index is 2.44. The third-order valence-electron chi connectivity index (χ3n) is 4.28. The SMILES string of the molecule is CCC(C)C(C(C)C)C1(CC)CC1. The Morgan fingerprint density at radius 2 is 1.62 bits per heavy atom. The molecule has 0 saturated heterocycles. The topological polar surface area (TPSA) is 0 Å². The average Bonchev–Trinajstić information content (AvgIpc) is 2.85. The third-order valence-corrected chi connectivity index (χ3v) is 4.28. The Morgan fingerprint density at radius 3 is 1.85 bits per heavy atom. The Labute approximate surface area is 84.1 Å². The highest BCUT2D eigenvalue weighted by atomic mass is 14.5. The zero-order chi connectivity index (χ0) is 10.1. The second kappa shape index (κ2) is 4.02. The van der Waals surface area contributed by atoms with Gasteiger partial charge in [-0.25, -0.2) is 0 Å². The molecule has 0 bridgehead atoms. The minimum Gasteiger partial charge on any atom is -0.0651 e. The van der Waals surface area contributed by atoms with E-state index >= 15 is 0 Å². The minimum atomic E-state index is 0.754. The molecule has 2 atom stereocenters. The van der Waals surface area contributed by atoms with E-state index < -0.39 is 0 Å². The highest BCUT2D eigenvalue weighted by molar-refractivity contribution is 4.99. The summed E-state index contributed by atoms with van der Waals surface area (Å²) in [4.78, 5) is 0. The van der Waals surface area contributed by atoms with Gasteiger partial charge in [0.1, 0.15) is 0 Å². The Morgan fingerprint density at radius 1 is 1.08 bits per heavy atom. The Hall–Kier alpha value is 0. The normalized spacial score (nSPS) is 24.5. The van der Waals surface area contributed by atoms with Gasteiger partial charge >= 0.3 is 0 Å². The van der Waals surface area contributed by atoms with Crippen LogP contribution in [-0.4, -0.2) is 0 Å². The maximum Gasteiger partial charge on any atom is -0.0266 e. The molecule has 0 nitrogen and oxygen atoms in total. The molecule has 0 spiro atoms. The van der Waals surface area contributed by atoms with Crippen LogP contribution in [0.4, 0.5) is 0 Å². The van der Waals surface area contributed by atoms with E-state index in [4.69, 9.17) is 0 Å². The lowest BCUT2D eigenvalue weighted by Gasteiger charge is -2.34. The van der Waals surface area contributed by atoms with Crippen molar-refractivity contribution in [1.29, 1.82) is 0 Å². The Balaban J connectivity index is 2.68. The standard InChI is InChI=1S/C13H26/c1-6-11(5)12(10(3)4)13(7-2)8-9-13/h10-12H,6-9H2,1-5H3. The number of hydrogen-bond acceptors (Lipinski definition) is 0. The van der Waals surface area contributed by atoms with Crippen molar-refractivity contribution < 1.29 is 0 Å². The van der Waals surface area contributed by atoms with Crippen molar-refractivity contribution in [3.8, 4) is 0 Å². The first-order chi connectivity index (χ1) is 6.07. The van der Waals surface area contributed by atoms with Gasteiger partial charge in [0.25, 0.3) is 0 Å². The predicted octanol–water partition coefficient (Wildman–Crippen LogP) is 4.49. The summed E-state index contributed by atoms with van der Waals surface area (Å²) < 4.78 is 0. The van der Waals surface area contributed by atoms with Crippen LogP contribution in [0.25, 0.3) is 0 Å². The summed E-state index contributed by atoms with van der Waals surface area (Å²) in [6, 6.07) is 0. The van der Waals surface area contributed by atoms with Gasteiger partial charge in [-0.05, 0) is 36.0 Å². The van der Waals surface area contributed by atoms with E-state index in [0.717, 1.165) is 23.2 Å². The van der Waals surface area contributed by atoms with Crippen LogP contribution >= 0.6 is 0 Å². The summed E-state index contributed by atoms with van der Waals surface area (Å²) in [5.41, 5.74) is 0.754. The van der Waals surface area contributed by atoms with Crippen LogP contribution < -0.4 is 0 Å². The predicted molar refractivity (Wildman–Crippen MR) is 59.7 cm³/mol. The van der Waals surface area contributed by atoms with Gasteiger partial charge in [-0.3, -0.25) is 0 Å². The van der Waals surface area contributed by atoms with Crippen molar-refractivity contribution in [2.75, 3.05) is 0 Å². The monoisotopic (exact) mass is 182 g/mol. The second-order valence-electron chi connectivity index (χ2n) is 5.37. The van der Waals surface area contributed by atoms with E-state index in [1.807, 2.05) is 0 Å². The second-order valence-corrected chi connectivity index (χ2v) is 5.37. The summed E-state index contributed by atoms with van der Waals surface area (Å²) in [6.07, 6.45) is 5.75. The van der Waals surface area contributed by atoms with Crippen LogP contribution in [0.5, 0.6) is 0 Å². The van der Waals surface area contributed by atoms with E-state index in [9.17, 15) is 0 Å². The molecule has 0 amide bonds. The van der Waals surface area contributed by atoms with E-state index in [-0.39, 0.29) is 0 Å². The molecule has 0 aromatic rings. The van der Waals surface area contributed by atoms with Crippen molar-refractivity contribution >= 4 is 0 Å². The van der Waals surface area contributed by atoms with Crippen molar-refractivity contribution in [2.24, 2.45) is 23.2 Å². The zero-order valence-corrected chi connectivity index (χ0v) is 10.1. The molecule has 0 aromatic carbocycles. The molecule has 2 unspecified atom stereocenters. The lowest BCUT2D eigenvalue weighted by molar-refractivity contribution is 0.146. The molecule has 78 valence electrons. The fourth-order valence-electron chi connectivity index (χ4n) is 3.30. The molecule has 1 saturated carbocycles.